The maximum atomic E-state index is 13.0. The van der Waals surface area contributed by atoms with E-state index in [0.29, 0.717) is 23.7 Å². The second kappa shape index (κ2) is 5.05. The summed E-state index contributed by atoms with van der Waals surface area (Å²) in [5.41, 5.74) is 8.83. The zero-order valence-electron chi connectivity index (χ0n) is 12.7. The molecule has 116 valence electrons. The number of aryl methyl sites for hydroxylation is 1. The quantitative estimate of drug-likeness (QED) is 0.916. The van der Waals surface area contributed by atoms with Gasteiger partial charge in [0.25, 0.3) is 11.6 Å². The number of rotatable bonds is 2. The lowest BCUT2D eigenvalue weighted by atomic mass is 10.0. The van der Waals surface area contributed by atoms with Gasteiger partial charge in [0.15, 0.2) is 0 Å². The third-order valence-corrected chi connectivity index (χ3v) is 4.61. The first kappa shape index (κ1) is 13.7. The van der Waals surface area contributed by atoms with Crippen LogP contribution in [-0.4, -0.2) is 40.1 Å². The summed E-state index contributed by atoms with van der Waals surface area (Å²) in [4.78, 5) is 19.4. The first-order valence-corrected chi connectivity index (χ1v) is 7.95. The summed E-state index contributed by atoms with van der Waals surface area (Å²) in [5.74, 6) is 0.487. The lowest BCUT2D eigenvalue weighted by Gasteiger charge is -2.31. The van der Waals surface area contributed by atoms with Crippen molar-refractivity contribution in [3.63, 3.8) is 0 Å². The number of hydrogen-bond acceptors (Lipinski definition) is 5. The molecule has 1 unspecified atom stereocenters. The molecule has 1 amide bonds. The van der Waals surface area contributed by atoms with Crippen molar-refractivity contribution in [2.75, 3.05) is 13.1 Å². The van der Waals surface area contributed by atoms with Gasteiger partial charge < -0.3 is 15.2 Å². The highest BCUT2D eigenvalue weighted by Crippen LogP contribution is 2.40. The number of piperidine rings is 1. The zero-order valence-corrected chi connectivity index (χ0v) is 12.7. The molecule has 2 aromatic rings. The van der Waals surface area contributed by atoms with E-state index in [-0.39, 0.29) is 11.9 Å². The van der Waals surface area contributed by atoms with Crippen LogP contribution in [0.1, 0.15) is 53.3 Å². The van der Waals surface area contributed by atoms with Crippen LogP contribution in [0.2, 0.25) is 0 Å². The van der Waals surface area contributed by atoms with Gasteiger partial charge in [0, 0.05) is 30.7 Å². The molecule has 2 aromatic heterocycles. The molecule has 2 N–H and O–H groups in total. The Kier molecular flexibility index (Phi) is 3.14. The molecular weight excluding hydrogens is 280 g/mol. The van der Waals surface area contributed by atoms with Crippen LogP contribution in [0.5, 0.6) is 0 Å². The normalized spacial score (nSPS) is 22.3. The molecule has 1 atom stereocenters. The summed E-state index contributed by atoms with van der Waals surface area (Å²) in [5, 5.41) is 4.73. The Morgan fingerprint density at radius 2 is 2.23 bits per heavy atom. The molecule has 2 aliphatic rings. The molecule has 0 radical (unpaired) electrons. The van der Waals surface area contributed by atoms with E-state index in [2.05, 4.69) is 10.1 Å². The van der Waals surface area contributed by atoms with Gasteiger partial charge in [-0.15, -0.1) is 0 Å². The fourth-order valence-corrected chi connectivity index (χ4v) is 3.24. The van der Waals surface area contributed by atoms with Gasteiger partial charge in [0.05, 0.1) is 16.6 Å². The van der Waals surface area contributed by atoms with Crippen molar-refractivity contribution in [1.29, 1.82) is 0 Å². The number of carbonyl (C=O) groups is 1. The minimum atomic E-state index is 0.0238. The Balaban J connectivity index is 1.78. The number of nitrogens with zero attached hydrogens (tertiary/aromatic N) is 3. The molecule has 1 aliphatic heterocycles. The highest BCUT2D eigenvalue weighted by atomic mass is 16.5. The third kappa shape index (κ3) is 2.27. The molecule has 2 fully saturated rings. The summed E-state index contributed by atoms with van der Waals surface area (Å²) in [6, 6.07) is 2.01. The number of carbonyl (C=O) groups excluding carboxylic acids is 1. The highest BCUT2D eigenvalue weighted by molar-refractivity contribution is 6.06. The molecule has 1 saturated carbocycles. The SMILES string of the molecule is Cc1noc2nc(C3CC3)cc(C(=O)N3CCCC(N)C3)c12. The summed E-state index contributed by atoms with van der Waals surface area (Å²) >= 11 is 0. The molecule has 4 rings (SSSR count). The molecule has 6 nitrogen and oxygen atoms in total. The fraction of sp³-hybridized carbons (Fsp3) is 0.562. The van der Waals surface area contributed by atoms with Crippen molar-refractivity contribution >= 4 is 17.0 Å². The standard InChI is InChI=1S/C16H20N4O2/c1-9-14-12(16(21)20-6-2-3-11(17)8-20)7-13(10-4-5-10)18-15(14)22-19-9/h7,10-11H,2-6,8,17H2,1H3. The Morgan fingerprint density at radius 1 is 1.41 bits per heavy atom. The van der Waals surface area contributed by atoms with Crippen molar-refractivity contribution < 1.29 is 9.32 Å². The largest absolute Gasteiger partial charge is 0.337 e. The summed E-state index contributed by atoms with van der Waals surface area (Å²) in [6.07, 6.45) is 4.20. The summed E-state index contributed by atoms with van der Waals surface area (Å²) < 4.78 is 5.31. The van der Waals surface area contributed by atoms with Crippen LogP contribution in [0, 0.1) is 6.92 Å². The monoisotopic (exact) mass is 300 g/mol. The van der Waals surface area contributed by atoms with E-state index >= 15 is 0 Å². The Labute approximate surface area is 128 Å². The third-order valence-electron chi connectivity index (χ3n) is 4.61. The molecule has 6 heteroatoms. The molecule has 3 heterocycles. The van der Waals surface area contributed by atoms with E-state index in [4.69, 9.17) is 10.3 Å². The first-order chi connectivity index (χ1) is 10.6. The number of hydrogen-bond donors (Lipinski definition) is 1. The molecular formula is C16H20N4O2. The summed E-state index contributed by atoms with van der Waals surface area (Å²) in [6.45, 7) is 3.23. The van der Waals surface area contributed by atoms with Gasteiger partial charge in [-0.25, -0.2) is 4.98 Å². The molecule has 1 aliphatic carbocycles. The van der Waals surface area contributed by atoms with Crippen molar-refractivity contribution in [3.8, 4) is 0 Å². The van der Waals surface area contributed by atoms with Gasteiger partial charge in [-0.2, -0.15) is 0 Å². The lowest BCUT2D eigenvalue weighted by molar-refractivity contribution is 0.0710. The highest BCUT2D eigenvalue weighted by Gasteiger charge is 2.30. The minimum absolute atomic E-state index is 0.0238. The zero-order chi connectivity index (χ0) is 15.3. The van der Waals surface area contributed by atoms with E-state index in [1.54, 1.807) is 0 Å². The Bertz CT molecular complexity index is 735. The van der Waals surface area contributed by atoms with Crippen LogP contribution < -0.4 is 5.73 Å². The number of aromatic nitrogens is 2. The smallest absolute Gasteiger partial charge is 0.259 e. The Morgan fingerprint density at radius 3 is 2.95 bits per heavy atom. The average molecular weight is 300 g/mol. The van der Waals surface area contributed by atoms with E-state index in [1.807, 2.05) is 17.9 Å². The number of pyridine rings is 1. The van der Waals surface area contributed by atoms with Gasteiger partial charge in [-0.1, -0.05) is 5.16 Å². The Hall–Kier alpha value is -1.95. The molecule has 0 spiro atoms. The predicted molar refractivity (Wildman–Crippen MR) is 81.6 cm³/mol. The van der Waals surface area contributed by atoms with Crippen LogP contribution in [-0.2, 0) is 0 Å². The average Bonchev–Trinajstić information content (AvgIpc) is 3.30. The van der Waals surface area contributed by atoms with E-state index < -0.39 is 0 Å². The molecule has 0 aromatic carbocycles. The topological polar surface area (TPSA) is 85.2 Å². The number of likely N-dealkylation sites (tertiary alicyclic amines) is 1. The van der Waals surface area contributed by atoms with Crippen LogP contribution in [0.3, 0.4) is 0 Å². The second-order valence-electron chi connectivity index (χ2n) is 6.47. The van der Waals surface area contributed by atoms with E-state index in [1.165, 1.54) is 0 Å². The maximum Gasteiger partial charge on any atom is 0.259 e. The van der Waals surface area contributed by atoms with Crippen molar-refractivity contribution in [2.24, 2.45) is 5.73 Å². The van der Waals surface area contributed by atoms with Crippen molar-refractivity contribution in [2.45, 2.75) is 44.6 Å². The number of nitrogens with two attached hydrogens (primary N) is 1. The first-order valence-electron chi connectivity index (χ1n) is 7.95. The van der Waals surface area contributed by atoms with Crippen molar-refractivity contribution in [3.05, 3.63) is 23.0 Å². The van der Waals surface area contributed by atoms with Crippen LogP contribution in [0.4, 0.5) is 0 Å². The molecule has 22 heavy (non-hydrogen) atoms. The molecule has 1 saturated heterocycles. The minimum Gasteiger partial charge on any atom is -0.337 e. The lowest BCUT2D eigenvalue weighted by Crippen LogP contribution is -2.45. The van der Waals surface area contributed by atoms with Gasteiger partial charge >= 0.3 is 0 Å². The predicted octanol–water partition coefficient (Wildman–Crippen LogP) is 1.97. The number of fused-ring (bicyclic) bond motifs is 1. The maximum absolute atomic E-state index is 13.0. The van der Waals surface area contributed by atoms with Gasteiger partial charge in [-0.05, 0) is 38.7 Å². The van der Waals surface area contributed by atoms with Gasteiger partial charge in [0.1, 0.15) is 0 Å². The second-order valence-corrected chi connectivity index (χ2v) is 6.47. The summed E-state index contributed by atoms with van der Waals surface area (Å²) in [7, 11) is 0. The van der Waals surface area contributed by atoms with Crippen LogP contribution >= 0.6 is 0 Å². The number of amides is 1. The molecule has 0 bridgehead atoms. The van der Waals surface area contributed by atoms with Gasteiger partial charge in [-0.3, -0.25) is 4.79 Å². The van der Waals surface area contributed by atoms with E-state index in [0.717, 1.165) is 49.0 Å². The fourth-order valence-electron chi connectivity index (χ4n) is 3.24. The van der Waals surface area contributed by atoms with Crippen molar-refractivity contribution in [1.82, 2.24) is 15.0 Å². The van der Waals surface area contributed by atoms with Crippen LogP contribution in [0.25, 0.3) is 11.1 Å². The van der Waals surface area contributed by atoms with Gasteiger partial charge in [0.2, 0.25) is 0 Å². The van der Waals surface area contributed by atoms with E-state index in [9.17, 15) is 4.79 Å². The van der Waals surface area contributed by atoms with Crippen LogP contribution in [0.15, 0.2) is 10.6 Å².